The van der Waals surface area contributed by atoms with Gasteiger partial charge in [0.15, 0.2) is 5.78 Å². The van der Waals surface area contributed by atoms with Crippen LogP contribution < -0.4 is 0 Å². The van der Waals surface area contributed by atoms with Crippen molar-refractivity contribution in [2.24, 2.45) is 4.99 Å². The average Bonchev–Trinajstić information content (AvgIpc) is 1.84. The van der Waals surface area contributed by atoms with Crippen LogP contribution in [-0.2, 0) is 4.79 Å². The van der Waals surface area contributed by atoms with E-state index in [1.807, 2.05) is 14.1 Å². The van der Waals surface area contributed by atoms with E-state index in [4.69, 9.17) is 0 Å². The molecule has 0 amide bonds. The lowest BCUT2D eigenvalue weighted by Gasteiger charge is -2.27. The fourth-order valence-corrected chi connectivity index (χ4v) is 1.14. The Hall–Kier alpha value is -0.570. The van der Waals surface area contributed by atoms with E-state index < -0.39 is 0 Å². The fourth-order valence-electron chi connectivity index (χ4n) is 1.05. The summed E-state index contributed by atoms with van der Waals surface area (Å²) in [5.41, 5.74) is 0. The van der Waals surface area contributed by atoms with Crippen molar-refractivity contribution in [3.63, 3.8) is 0 Å². The Balaban J connectivity index is 3.86. The van der Waals surface area contributed by atoms with Crippen molar-refractivity contribution in [1.29, 1.82) is 0 Å². The molecule has 0 aromatic rings. The van der Waals surface area contributed by atoms with Gasteiger partial charge < -0.3 is 4.48 Å². The Labute approximate surface area is 78.7 Å². The summed E-state index contributed by atoms with van der Waals surface area (Å²) in [5, 5.41) is 2.31. The zero-order valence-corrected chi connectivity index (χ0v) is 8.65. The van der Waals surface area contributed by atoms with Crippen molar-refractivity contribution in [3.05, 3.63) is 0 Å². The molecule has 0 saturated carbocycles. The monoisotopic (exact) mass is 187 g/mol. The summed E-state index contributed by atoms with van der Waals surface area (Å²) < 4.78 is 0.663. The molecule has 0 unspecified atom stereocenters. The van der Waals surface area contributed by atoms with Crippen LogP contribution in [0.4, 0.5) is 0 Å². The predicted molar refractivity (Wildman–Crippen MR) is 52.4 cm³/mol. The Kier molecular flexibility index (Phi) is 4.90. The van der Waals surface area contributed by atoms with Crippen LogP contribution in [0.3, 0.4) is 0 Å². The van der Waals surface area contributed by atoms with Gasteiger partial charge in [0, 0.05) is 6.92 Å². The summed E-state index contributed by atoms with van der Waals surface area (Å²) in [6, 6.07) is 0. The first-order valence-electron chi connectivity index (χ1n) is 3.83. The highest BCUT2D eigenvalue weighted by Gasteiger charge is 2.16. The molecule has 0 bridgehead atoms. The summed E-state index contributed by atoms with van der Waals surface area (Å²) in [4.78, 5) is 14.6. The maximum absolute atomic E-state index is 10.8. The topological polar surface area (TPSA) is 29.4 Å². The van der Waals surface area contributed by atoms with E-state index in [0.29, 0.717) is 17.6 Å². The number of hydrogen-bond acceptors (Lipinski definition) is 3. The first-order chi connectivity index (χ1) is 5.48. The lowest BCUT2D eigenvalue weighted by atomic mass is 10.3. The molecule has 0 atom stereocenters. The number of ketones is 1. The Morgan fingerprint density at radius 3 is 2.58 bits per heavy atom. The van der Waals surface area contributed by atoms with Crippen LogP contribution in [0.2, 0.25) is 0 Å². The first kappa shape index (κ1) is 11.4. The van der Waals surface area contributed by atoms with Crippen LogP contribution in [-0.4, -0.2) is 49.2 Å². The number of aliphatic imine (C=N–C) groups is 1. The maximum Gasteiger partial charge on any atom is 0.183 e. The van der Waals surface area contributed by atoms with Gasteiger partial charge in [-0.05, 0) is 12.2 Å². The molecule has 0 aliphatic rings. The summed E-state index contributed by atoms with van der Waals surface area (Å²) in [6.07, 6.45) is 0. The van der Waals surface area contributed by atoms with E-state index in [2.05, 4.69) is 22.4 Å². The molecule has 4 heteroatoms. The largest absolute Gasteiger partial charge is 0.321 e. The summed E-state index contributed by atoms with van der Waals surface area (Å²) in [7, 11) is 4.00. The minimum Gasteiger partial charge on any atom is -0.321 e. The number of Topliss-reactive ketones (excluding diaryl/α,β-unsaturated/α-hetero) is 1. The molecule has 0 aliphatic carbocycles. The van der Waals surface area contributed by atoms with Crippen molar-refractivity contribution >= 4 is 23.2 Å². The summed E-state index contributed by atoms with van der Waals surface area (Å²) >= 11 is 4.44. The molecular formula is C8H15N2OS+. The lowest BCUT2D eigenvalue weighted by Crippen LogP contribution is -2.44. The third-order valence-electron chi connectivity index (χ3n) is 1.53. The van der Waals surface area contributed by atoms with E-state index in [9.17, 15) is 4.79 Å². The van der Waals surface area contributed by atoms with Gasteiger partial charge in [0.1, 0.15) is 6.54 Å². The van der Waals surface area contributed by atoms with Gasteiger partial charge in [-0.3, -0.25) is 4.79 Å². The molecule has 0 heterocycles. The summed E-state index contributed by atoms with van der Waals surface area (Å²) in [5.74, 6) is 0.200. The average molecular weight is 187 g/mol. The smallest absolute Gasteiger partial charge is 0.183 e. The SMILES string of the molecule is CC(=O)C[N+](C)(C)CCN=C=S. The molecule has 0 aromatic carbocycles. The van der Waals surface area contributed by atoms with Crippen LogP contribution in [0, 0.1) is 0 Å². The molecule has 0 fully saturated rings. The number of carbonyl (C=O) groups excluding carboxylic acids is 1. The van der Waals surface area contributed by atoms with Gasteiger partial charge in [0.05, 0.1) is 32.3 Å². The van der Waals surface area contributed by atoms with Gasteiger partial charge >= 0.3 is 0 Å². The number of thiocarbonyl (C=S) groups is 1. The standard InChI is InChI=1S/C8H15N2OS/c1-8(11)6-10(2,3)5-4-9-7-12/h4-6H2,1-3H3/q+1. The first-order valence-corrected chi connectivity index (χ1v) is 4.24. The van der Waals surface area contributed by atoms with Crippen LogP contribution in [0.5, 0.6) is 0 Å². The normalized spacial score (nSPS) is 10.6. The Morgan fingerprint density at radius 1 is 1.58 bits per heavy atom. The molecule has 0 saturated heterocycles. The van der Waals surface area contributed by atoms with E-state index in [1.165, 1.54) is 0 Å². The third-order valence-corrected chi connectivity index (χ3v) is 1.66. The molecule has 0 rings (SSSR count). The van der Waals surface area contributed by atoms with Gasteiger partial charge in [-0.15, -0.1) is 0 Å². The van der Waals surface area contributed by atoms with Gasteiger partial charge in [0.2, 0.25) is 0 Å². The molecule has 0 radical (unpaired) electrons. The molecule has 0 aromatic heterocycles. The van der Waals surface area contributed by atoms with Crippen molar-refractivity contribution < 1.29 is 9.28 Å². The number of likely N-dealkylation sites (N-methyl/N-ethyl adjacent to an activating group) is 1. The van der Waals surface area contributed by atoms with Gasteiger partial charge in [0.25, 0.3) is 0 Å². The van der Waals surface area contributed by atoms with Crippen LogP contribution in [0.1, 0.15) is 6.92 Å². The number of isothiocyanates is 1. The van der Waals surface area contributed by atoms with Crippen molar-refractivity contribution in [1.82, 2.24) is 0 Å². The second-order valence-corrected chi connectivity index (χ2v) is 3.68. The molecule has 0 spiro atoms. The summed E-state index contributed by atoms with van der Waals surface area (Å²) in [6.45, 7) is 3.61. The van der Waals surface area contributed by atoms with Crippen LogP contribution >= 0.6 is 12.2 Å². The van der Waals surface area contributed by atoms with Gasteiger partial charge in [-0.1, -0.05) is 0 Å². The minimum absolute atomic E-state index is 0.200. The van der Waals surface area contributed by atoms with Crippen molar-refractivity contribution in [2.45, 2.75) is 6.92 Å². The molecule has 0 N–H and O–H groups in total. The number of carbonyl (C=O) groups is 1. The second-order valence-electron chi connectivity index (χ2n) is 3.49. The van der Waals surface area contributed by atoms with E-state index in [0.717, 1.165) is 6.54 Å². The van der Waals surface area contributed by atoms with E-state index in [-0.39, 0.29) is 5.78 Å². The quantitative estimate of drug-likeness (QED) is 0.361. The molecule has 0 aliphatic heterocycles. The molecule has 68 valence electrons. The zero-order valence-electron chi connectivity index (χ0n) is 7.83. The van der Waals surface area contributed by atoms with Gasteiger partial charge in [-0.25, -0.2) is 4.99 Å². The third kappa shape index (κ3) is 6.16. The number of hydrogen-bond donors (Lipinski definition) is 0. The molecule has 3 nitrogen and oxygen atoms in total. The van der Waals surface area contributed by atoms with Gasteiger partial charge in [-0.2, -0.15) is 0 Å². The van der Waals surface area contributed by atoms with E-state index >= 15 is 0 Å². The zero-order chi connectivity index (χ0) is 9.61. The number of rotatable bonds is 5. The Bertz CT molecular complexity index is 207. The number of nitrogens with zero attached hydrogens (tertiary/aromatic N) is 2. The van der Waals surface area contributed by atoms with Crippen molar-refractivity contribution in [2.75, 3.05) is 33.7 Å². The number of quaternary nitrogens is 1. The highest BCUT2D eigenvalue weighted by atomic mass is 32.1. The maximum atomic E-state index is 10.8. The lowest BCUT2D eigenvalue weighted by molar-refractivity contribution is -0.880. The highest BCUT2D eigenvalue weighted by Crippen LogP contribution is 1.96. The van der Waals surface area contributed by atoms with E-state index in [1.54, 1.807) is 6.92 Å². The van der Waals surface area contributed by atoms with Crippen LogP contribution in [0.15, 0.2) is 4.99 Å². The molecule has 12 heavy (non-hydrogen) atoms. The second kappa shape index (κ2) is 5.14. The minimum atomic E-state index is 0.200. The highest BCUT2D eigenvalue weighted by molar-refractivity contribution is 7.78. The fraction of sp³-hybridized carbons (Fsp3) is 0.750. The predicted octanol–water partition coefficient (Wildman–Crippen LogP) is 0.755. The van der Waals surface area contributed by atoms with Crippen molar-refractivity contribution in [3.8, 4) is 0 Å². The molecular weight excluding hydrogens is 172 g/mol. The Morgan fingerprint density at radius 2 is 2.17 bits per heavy atom. The van der Waals surface area contributed by atoms with Crippen LogP contribution in [0.25, 0.3) is 0 Å².